The van der Waals surface area contributed by atoms with Crippen molar-refractivity contribution in [2.24, 2.45) is 0 Å². The van der Waals surface area contributed by atoms with Gasteiger partial charge in [-0.05, 0) is 30.5 Å². The number of carbonyl (C=O) groups excluding carboxylic acids is 2. The van der Waals surface area contributed by atoms with Crippen LogP contribution in [-0.4, -0.2) is 73.7 Å². The van der Waals surface area contributed by atoms with E-state index < -0.39 is 0 Å². The molecule has 0 radical (unpaired) electrons. The van der Waals surface area contributed by atoms with E-state index in [0.29, 0.717) is 45.9 Å². The Morgan fingerprint density at radius 3 is 2.44 bits per heavy atom. The zero-order chi connectivity index (χ0) is 21.9. The van der Waals surface area contributed by atoms with E-state index in [9.17, 15) is 9.59 Å². The fourth-order valence-corrected chi connectivity index (χ4v) is 4.79. The molecule has 0 spiro atoms. The molecule has 2 aromatic carbocycles. The molecule has 5 rings (SSSR count). The number of anilines is 1. The first-order valence-corrected chi connectivity index (χ1v) is 11.4. The Bertz CT molecular complexity index is 953. The molecular formula is C25H29N3O4. The van der Waals surface area contributed by atoms with Gasteiger partial charge < -0.3 is 14.4 Å². The van der Waals surface area contributed by atoms with Gasteiger partial charge in [-0.3, -0.25) is 19.4 Å². The maximum absolute atomic E-state index is 13.6. The van der Waals surface area contributed by atoms with Crippen molar-refractivity contribution >= 4 is 17.5 Å². The molecule has 0 saturated carbocycles. The normalized spacial score (nSPS) is 23.5. The third kappa shape index (κ3) is 4.23. The van der Waals surface area contributed by atoms with E-state index in [2.05, 4.69) is 4.90 Å². The van der Waals surface area contributed by atoms with Crippen LogP contribution in [0.25, 0.3) is 0 Å². The van der Waals surface area contributed by atoms with Crippen LogP contribution in [0.2, 0.25) is 0 Å². The Hall–Kier alpha value is -2.90. The van der Waals surface area contributed by atoms with Gasteiger partial charge in [-0.1, -0.05) is 42.5 Å². The second-order valence-electron chi connectivity index (χ2n) is 8.57. The molecule has 2 unspecified atom stereocenters. The molecule has 7 nitrogen and oxygen atoms in total. The maximum atomic E-state index is 13.6. The molecule has 2 amide bonds. The zero-order valence-corrected chi connectivity index (χ0v) is 18.2. The molecule has 32 heavy (non-hydrogen) atoms. The number of ether oxygens (including phenoxy) is 2. The lowest BCUT2D eigenvalue weighted by molar-refractivity contribution is -0.142. The molecular weight excluding hydrogens is 406 g/mol. The number of fused-ring (bicyclic) bond motifs is 1. The summed E-state index contributed by atoms with van der Waals surface area (Å²) in [5.74, 6) is 0.883. The number of para-hydroxylation sites is 2. The van der Waals surface area contributed by atoms with Crippen LogP contribution >= 0.6 is 0 Å². The average Bonchev–Trinajstić information content (AvgIpc) is 3.39. The minimum atomic E-state index is -0.278. The zero-order valence-electron chi connectivity index (χ0n) is 18.2. The van der Waals surface area contributed by atoms with Gasteiger partial charge in [-0.25, -0.2) is 0 Å². The Morgan fingerprint density at radius 1 is 0.938 bits per heavy atom. The average molecular weight is 436 g/mol. The molecule has 0 aliphatic carbocycles. The first-order valence-electron chi connectivity index (χ1n) is 11.4. The van der Waals surface area contributed by atoms with Gasteiger partial charge in [0.05, 0.1) is 18.3 Å². The van der Waals surface area contributed by atoms with Crippen molar-refractivity contribution in [1.82, 2.24) is 9.80 Å². The smallest absolute Gasteiger partial charge is 0.251 e. The van der Waals surface area contributed by atoms with Gasteiger partial charge in [-0.15, -0.1) is 0 Å². The highest BCUT2D eigenvalue weighted by Gasteiger charge is 2.35. The Kier molecular flexibility index (Phi) is 6.10. The van der Waals surface area contributed by atoms with Crippen LogP contribution in [-0.2, 0) is 14.3 Å². The van der Waals surface area contributed by atoms with Gasteiger partial charge in [-0.2, -0.15) is 0 Å². The number of rotatable bonds is 4. The van der Waals surface area contributed by atoms with Crippen LogP contribution in [0.4, 0.5) is 5.69 Å². The van der Waals surface area contributed by atoms with E-state index in [1.54, 1.807) is 0 Å². The third-order valence-corrected chi connectivity index (χ3v) is 6.53. The molecule has 3 aliphatic rings. The Labute approximate surface area is 188 Å². The van der Waals surface area contributed by atoms with Gasteiger partial charge in [0.15, 0.2) is 0 Å². The van der Waals surface area contributed by atoms with Crippen molar-refractivity contribution in [3.63, 3.8) is 0 Å². The molecule has 2 aromatic rings. The largest absolute Gasteiger partial charge is 0.489 e. The van der Waals surface area contributed by atoms with E-state index in [1.807, 2.05) is 64.4 Å². The number of carbonyl (C=O) groups is 2. The highest BCUT2D eigenvalue weighted by Crippen LogP contribution is 2.39. The summed E-state index contributed by atoms with van der Waals surface area (Å²) in [7, 11) is 0. The quantitative estimate of drug-likeness (QED) is 0.739. The van der Waals surface area contributed by atoms with Crippen LogP contribution < -0.4 is 9.64 Å². The van der Waals surface area contributed by atoms with Crippen molar-refractivity contribution < 1.29 is 19.1 Å². The SMILES string of the molecule is O=C(C1CCCO1)N1CCN(CC(=O)N2c3ccccc3OCC2c2ccccc2)CC1. The number of amides is 2. The lowest BCUT2D eigenvalue weighted by Crippen LogP contribution is -2.54. The molecule has 2 fully saturated rings. The van der Waals surface area contributed by atoms with Crippen molar-refractivity contribution in [2.75, 3.05) is 50.8 Å². The number of nitrogens with zero attached hydrogens (tertiary/aromatic N) is 3. The summed E-state index contributed by atoms with van der Waals surface area (Å²) in [6.07, 6.45) is 1.49. The Morgan fingerprint density at radius 2 is 1.69 bits per heavy atom. The number of piperazine rings is 1. The van der Waals surface area contributed by atoms with E-state index in [-0.39, 0.29) is 24.0 Å². The van der Waals surface area contributed by atoms with Gasteiger partial charge in [0.1, 0.15) is 18.5 Å². The summed E-state index contributed by atoms with van der Waals surface area (Å²) < 4.78 is 11.5. The minimum absolute atomic E-state index is 0.0495. The van der Waals surface area contributed by atoms with E-state index in [1.165, 1.54) is 0 Å². The summed E-state index contributed by atoms with van der Waals surface area (Å²) in [6, 6.07) is 17.6. The molecule has 3 aliphatic heterocycles. The van der Waals surface area contributed by atoms with Crippen LogP contribution in [0, 0.1) is 0 Å². The predicted octanol–water partition coefficient (Wildman–Crippen LogP) is 2.48. The predicted molar refractivity (Wildman–Crippen MR) is 121 cm³/mol. The second kappa shape index (κ2) is 9.30. The molecule has 3 heterocycles. The summed E-state index contributed by atoms with van der Waals surface area (Å²) in [4.78, 5) is 32.1. The monoisotopic (exact) mass is 435 g/mol. The van der Waals surface area contributed by atoms with Crippen molar-refractivity contribution in [3.05, 3.63) is 60.2 Å². The van der Waals surface area contributed by atoms with Crippen molar-refractivity contribution in [2.45, 2.75) is 25.0 Å². The first-order chi connectivity index (χ1) is 15.7. The fourth-order valence-electron chi connectivity index (χ4n) is 4.79. The first kappa shape index (κ1) is 21.0. The van der Waals surface area contributed by atoms with Gasteiger partial charge in [0.2, 0.25) is 5.91 Å². The van der Waals surface area contributed by atoms with Crippen molar-refractivity contribution in [3.8, 4) is 5.75 Å². The summed E-state index contributed by atoms with van der Waals surface area (Å²) >= 11 is 0. The lowest BCUT2D eigenvalue weighted by atomic mass is 10.0. The molecule has 168 valence electrons. The Balaban J connectivity index is 1.27. The van der Waals surface area contributed by atoms with Crippen LogP contribution in [0.5, 0.6) is 5.75 Å². The minimum Gasteiger partial charge on any atom is -0.489 e. The number of hydrogen-bond acceptors (Lipinski definition) is 5. The standard InChI is InChI=1S/C25H29N3O4/c29-24(17-26-12-14-27(15-13-26)25(30)23-11-6-16-31-23)28-20-9-4-5-10-22(20)32-18-21(28)19-7-2-1-3-8-19/h1-5,7-10,21,23H,6,11-18H2. The highest BCUT2D eigenvalue weighted by atomic mass is 16.5. The lowest BCUT2D eigenvalue weighted by Gasteiger charge is -2.40. The summed E-state index contributed by atoms with van der Waals surface area (Å²) in [5.41, 5.74) is 1.87. The fraction of sp³-hybridized carbons (Fsp3) is 0.440. The highest BCUT2D eigenvalue weighted by molar-refractivity contribution is 5.97. The summed E-state index contributed by atoms with van der Waals surface area (Å²) in [5, 5.41) is 0. The van der Waals surface area contributed by atoms with Crippen LogP contribution in [0.1, 0.15) is 24.4 Å². The molecule has 2 saturated heterocycles. The third-order valence-electron chi connectivity index (χ3n) is 6.53. The number of benzene rings is 2. The number of hydrogen-bond donors (Lipinski definition) is 0. The van der Waals surface area contributed by atoms with Crippen LogP contribution in [0.15, 0.2) is 54.6 Å². The van der Waals surface area contributed by atoms with Crippen molar-refractivity contribution in [1.29, 1.82) is 0 Å². The molecule has 0 N–H and O–H groups in total. The van der Waals surface area contributed by atoms with Gasteiger partial charge in [0, 0.05) is 32.8 Å². The van der Waals surface area contributed by atoms with Gasteiger partial charge >= 0.3 is 0 Å². The van der Waals surface area contributed by atoms with Crippen LogP contribution in [0.3, 0.4) is 0 Å². The summed E-state index contributed by atoms with van der Waals surface area (Å²) in [6.45, 7) is 4.06. The topological polar surface area (TPSA) is 62.3 Å². The van der Waals surface area contributed by atoms with E-state index in [0.717, 1.165) is 29.8 Å². The van der Waals surface area contributed by atoms with E-state index >= 15 is 0 Å². The second-order valence-corrected chi connectivity index (χ2v) is 8.57. The molecule has 2 atom stereocenters. The molecule has 0 bridgehead atoms. The van der Waals surface area contributed by atoms with E-state index in [4.69, 9.17) is 9.47 Å². The van der Waals surface area contributed by atoms with Gasteiger partial charge in [0.25, 0.3) is 5.91 Å². The molecule has 0 aromatic heterocycles. The molecule has 7 heteroatoms. The maximum Gasteiger partial charge on any atom is 0.251 e.